The lowest BCUT2D eigenvalue weighted by atomic mass is 9.78. The van der Waals surface area contributed by atoms with E-state index < -0.39 is 113 Å². The van der Waals surface area contributed by atoms with Gasteiger partial charge in [0.05, 0.1) is 30.9 Å². The number of aromatic nitrogens is 10. The Bertz CT molecular complexity index is 2970. The summed E-state index contributed by atoms with van der Waals surface area (Å²) >= 11 is 2.72. The summed E-state index contributed by atoms with van der Waals surface area (Å²) in [6, 6.07) is 4.99. The van der Waals surface area contributed by atoms with Crippen molar-refractivity contribution in [3.63, 3.8) is 0 Å². The van der Waals surface area contributed by atoms with Crippen LogP contribution in [-0.4, -0.2) is 105 Å². The number of rotatable bonds is 8. The fourth-order valence-electron chi connectivity index (χ4n) is 5.72. The van der Waals surface area contributed by atoms with Crippen LogP contribution < -0.4 is 26.1 Å². The molecule has 0 bridgehead atoms. The first-order chi connectivity index (χ1) is 31.8. The number of hydrogen-bond acceptors (Lipinski definition) is 12. The first kappa shape index (κ1) is 54.9. The summed E-state index contributed by atoms with van der Waals surface area (Å²) < 4.78 is 228. The molecule has 16 nitrogen and oxygen atoms in total. The van der Waals surface area contributed by atoms with Crippen LogP contribution in [0.3, 0.4) is 0 Å². The molecule has 0 aliphatic carbocycles. The Morgan fingerprint density at radius 3 is 1.44 bits per heavy atom. The first-order valence-electron chi connectivity index (χ1n) is 18.9. The fraction of sp³-hybridized carbons (Fsp3) is 0.444. The van der Waals surface area contributed by atoms with Crippen LogP contribution in [0.2, 0.25) is 0 Å². The van der Waals surface area contributed by atoms with E-state index in [2.05, 4.69) is 46.1 Å². The molecule has 0 radical (unpaired) electrons. The van der Waals surface area contributed by atoms with Crippen molar-refractivity contribution in [3.05, 3.63) is 86.1 Å². The second-order valence-corrected chi connectivity index (χ2v) is 16.1. The van der Waals surface area contributed by atoms with Crippen molar-refractivity contribution in [2.45, 2.75) is 88.5 Å². The number of fused-ring (bicyclic) bond motifs is 2. The van der Waals surface area contributed by atoms with E-state index >= 15 is 0 Å². The molecule has 0 saturated carbocycles. The van der Waals surface area contributed by atoms with Gasteiger partial charge in [-0.2, -0.15) is 75.3 Å². The van der Waals surface area contributed by atoms with Crippen molar-refractivity contribution in [3.8, 4) is 22.9 Å². The Labute approximate surface area is 388 Å². The number of nitrogens with zero attached hydrogens (tertiary/aromatic N) is 10. The minimum atomic E-state index is -5.92. The van der Waals surface area contributed by atoms with Gasteiger partial charge in [0.2, 0.25) is 4.73 Å². The van der Waals surface area contributed by atoms with Gasteiger partial charge < -0.3 is 18.8 Å². The third-order valence-electron chi connectivity index (χ3n) is 9.96. The summed E-state index contributed by atoms with van der Waals surface area (Å²) in [4.78, 5) is 39.1. The molecule has 6 aromatic heterocycles. The third-order valence-corrected chi connectivity index (χ3v) is 10.3. The highest BCUT2D eigenvalue weighted by molar-refractivity contribution is 9.10. The molecule has 0 atom stereocenters. The van der Waals surface area contributed by atoms with E-state index in [0.717, 1.165) is 23.0 Å². The van der Waals surface area contributed by atoms with Crippen LogP contribution in [0.25, 0.3) is 22.7 Å². The largest absolute Gasteiger partial charge is 0.502 e. The van der Waals surface area contributed by atoms with Crippen molar-refractivity contribution >= 4 is 39.8 Å². The molecule has 6 aromatic rings. The molecular weight excluding hydrogens is 1060 g/mol. The van der Waals surface area contributed by atoms with Gasteiger partial charge in [-0.15, -0.1) is 5.10 Å². The molecular formula is C36H30BBrF16N10O6. The number of alkyl halides is 16. The molecule has 70 heavy (non-hydrogen) atoms. The van der Waals surface area contributed by atoms with E-state index in [0.29, 0.717) is 15.4 Å². The van der Waals surface area contributed by atoms with Crippen LogP contribution >= 0.6 is 15.9 Å². The van der Waals surface area contributed by atoms with E-state index in [1.165, 1.54) is 38.6 Å². The number of hydrogen-bond donors (Lipinski definition) is 0. The van der Waals surface area contributed by atoms with Gasteiger partial charge in [0.15, 0.2) is 17.2 Å². The lowest BCUT2D eigenvalue weighted by molar-refractivity contribution is -0.287. The monoisotopic (exact) mass is 1090 g/mol. The molecule has 7 rings (SSSR count). The summed E-state index contributed by atoms with van der Waals surface area (Å²) in [7, 11) is 1.12. The average Bonchev–Trinajstić information content (AvgIpc) is 3.91. The highest BCUT2D eigenvalue weighted by Gasteiger charge is 2.59. The Balaban J connectivity index is 0.000000208. The van der Waals surface area contributed by atoms with Crippen molar-refractivity contribution in [1.82, 2.24) is 48.3 Å². The Morgan fingerprint density at radius 2 is 1.04 bits per heavy atom. The normalized spacial score (nSPS) is 15.4. The first-order valence-corrected chi connectivity index (χ1v) is 19.7. The topological polar surface area (TPSA) is 167 Å². The molecule has 0 amide bonds. The van der Waals surface area contributed by atoms with Gasteiger partial charge in [0.25, 0.3) is 11.1 Å². The third kappa shape index (κ3) is 11.6. The molecule has 1 saturated heterocycles. The summed E-state index contributed by atoms with van der Waals surface area (Å²) in [5.74, 6) is -10.7. The molecule has 0 aromatic carbocycles. The molecule has 0 unspecified atom stereocenters. The Hall–Kier alpha value is -6.06. The summed E-state index contributed by atoms with van der Waals surface area (Å²) in [5, 5.41) is 6.45. The van der Waals surface area contributed by atoms with Gasteiger partial charge in [0.1, 0.15) is 54.1 Å². The minimum absolute atomic E-state index is 0.00863. The van der Waals surface area contributed by atoms with E-state index in [4.69, 9.17) is 18.8 Å². The predicted octanol–water partition coefficient (Wildman–Crippen LogP) is 7.44. The van der Waals surface area contributed by atoms with E-state index in [1.54, 1.807) is 27.7 Å². The maximum Gasteiger partial charge on any atom is 0.502 e. The maximum atomic E-state index is 13.6. The quantitative estimate of drug-likeness (QED) is 0.109. The van der Waals surface area contributed by atoms with E-state index in [9.17, 15) is 79.8 Å². The Morgan fingerprint density at radius 1 is 0.629 bits per heavy atom. The standard InChI is InChI=1S/C16H18BF3N2O4.C15H9F8N5O2.C5H3BrF5N3/c1-14(2)15(3,4)26-17(25-14)11-12(16(18,19)20)21-10-8-9(24-5)6-7-22(10)13(11)23;1-30-7-2-3-28-8(4-7)25-10(14(18,19)20)9(12(28)29)11-24-6-27(26-11)5-13(16,17)15(21,22)23;6-3-12-2-14(13-3)1-4(7,8)5(9,10)11/h6-8H,1-5H3;2-4,6H,5H2,1H3;2H,1H2. The molecule has 0 N–H and O–H groups in total. The number of pyridine rings is 2. The molecule has 382 valence electrons. The molecule has 1 fully saturated rings. The molecule has 34 heteroatoms. The maximum absolute atomic E-state index is 13.6. The summed E-state index contributed by atoms with van der Waals surface area (Å²) in [6.45, 7) is 3.16. The highest BCUT2D eigenvalue weighted by atomic mass is 79.9. The van der Waals surface area contributed by atoms with Gasteiger partial charge in [-0.1, -0.05) is 0 Å². The van der Waals surface area contributed by atoms with Crippen LogP contribution in [0.15, 0.2) is 63.6 Å². The summed E-state index contributed by atoms with van der Waals surface area (Å²) in [6.07, 6.45) is -18.0. The van der Waals surface area contributed by atoms with Crippen LogP contribution in [-0.2, 0) is 34.8 Å². The lowest BCUT2D eigenvalue weighted by Gasteiger charge is -2.32. The average molecular weight is 1090 g/mol. The molecule has 7 heterocycles. The van der Waals surface area contributed by atoms with Crippen LogP contribution in [0.5, 0.6) is 11.5 Å². The smallest absolute Gasteiger partial charge is 0.497 e. The van der Waals surface area contributed by atoms with E-state index in [1.807, 2.05) is 0 Å². The molecule has 0 spiro atoms. The minimum Gasteiger partial charge on any atom is -0.497 e. The van der Waals surface area contributed by atoms with Crippen LogP contribution in [0.1, 0.15) is 39.1 Å². The fourth-order valence-corrected chi connectivity index (χ4v) is 6.02. The summed E-state index contributed by atoms with van der Waals surface area (Å²) in [5.41, 5.74) is -9.56. The van der Waals surface area contributed by atoms with E-state index in [-0.39, 0.29) is 26.6 Å². The molecule has 1 aliphatic rings. The van der Waals surface area contributed by atoms with Crippen molar-refractivity contribution < 1.29 is 89.0 Å². The van der Waals surface area contributed by atoms with Crippen LogP contribution in [0, 0.1) is 0 Å². The zero-order valence-corrected chi connectivity index (χ0v) is 37.5. The van der Waals surface area contributed by atoms with Gasteiger partial charge in [-0.3, -0.25) is 18.4 Å². The lowest BCUT2D eigenvalue weighted by Crippen LogP contribution is -2.50. The van der Waals surface area contributed by atoms with Gasteiger partial charge in [-0.25, -0.2) is 29.3 Å². The zero-order chi connectivity index (χ0) is 53.0. The second kappa shape index (κ2) is 18.9. The molecule has 1 aliphatic heterocycles. The van der Waals surface area contributed by atoms with Gasteiger partial charge in [-0.05, 0) is 55.8 Å². The second-order valence-electron chi connectivity index (χ2n) is 15.4. The van der Waals surface area contributed by atoms with Gasteiger partial charge in [0, 0.05) is 24.5 Å². The van der Waals surface area contributed by atoms with Gasteiger partial charge >= 0.3 is 43.7 Å². The number of halogens is 17. The van der Waals surface area contributed by atoms with Crippen molar-refractivity contribution in [1.29, 1.82) is 0 Å². The number of methoxy groups -OCH3 is 2. The van der Waals surface area contributed by atoms with Crippen molar-refractivity contribution in [2.24, 2.45) is 0 Å². The predicted molar refractivity (Wildman–Crippen MR) is 210 cm³/mol. The zero-order valence-electron chi connectivity index (χ0n) is 36.0. The SMILES string of the molecule is COc1ccn2c(=O)c(-c3ncn(CC(F)(F)C(F)(F)F)n3)c(C(F)(F)F)nc2c1.COc1ccn2c(=O)c(B3OC(C)(C)C(C)(C)O3)c(C(F)(F)F)nc2c1.FC(F)(F)C(F)(F)Cn1cnc(Br)n1. The van der Waals surface area contributed by atoms with Crippen molar-refractivity contribution in [2.75, 3.05) is 14.2 Å². The van der Waals surface area contributed by atoms with Crippen LogP contribution in [0.4, 0.5) is 70.2 Å². The number of ether oxygens (including phenoxy) is 2. The highest BCUT2D eigenvalue weighted by Crippen LogP contribution is 2.40. The Kier molecular flexibility index (Phi) is 14.8.